The van der Waals surface area contributed by atoms with Gasteiger partial charge >= 0.3 is 0 Å². The zero-order valence-electron chi connectivity index (χ0n) is 12.3. The van der Waals surface area contributed by atoms with Crippen molar-refractivity contribution in [3.05, 3.63) is 29.5 Å². The van der Waals surface area contributed by atoms with Crippen molar-refractivity contribution in [2.24, 2.45) is 7.05 Å². The summed E-state index contributed by atoms with van der Waals surface area (Å²) >= 11 is 1.79. The van der Waals surface area contributed by atoms with Gasteiger partial charge in [0.15, 0.2) is 5.82 Å². The first-order chi connectivity index (χ1) is 10.2. The number of furan rings is 1. The topological polar surface area (TPSA) is 88.1 Å². The molecule has 0 saturated heterocycles. The highest BCUT2D eigenvalue weighted by Gasteiger charge is 2.05. The lowest BCUT2D eigenvalue weighted by Gasteiger charge is -2.04. The van der Waals surface area contributed by atoms with E-state index >= 15 is 0 Å². The SMILES string of the molecule is CNCc1ccc(CSCCNc2nc(CO)nn2C)o1. The molecule has 2 aromatic rings. The molecule has 0 aromatic carbocycles. The van der Waals surface area contributed by atoms with Crippen molar-refractivity contribution in [1.29, 1.82) is 0 Å². The van der Waals surface area contributed by atoms with E-state index in [4.69, 9.17) is 9.52 Å². The summed E-state index contributed by atoms with van der Waals surface area (Å²) in [5, 5.41) is 19.3. The molecule has 0 atom stereocenters. The average Bonchev–Trinajstić information content (AvgIpc) is 3.06. The number of hydrogen-bond acceptors (Lipinski definition) is 7. The molecule has 0 aliphatic carbocycles. The molecule has 116 valence electrons. The van der Waals surface area contributed by atoms with Crippen molar-refractivity contribution < 1.29 is 9.52 Å². The standard InChI is InChI=1S/C13H21N5O2S/c1-14-7-10-3-4-11(20-10)9-21-6-5-15-13-16-12(8-19)17-18(13)2/h3-4,14,19H,5-9H2,1-2H3,(H,15,16,17). The van der Waals surface area contributed by atoms with Crippen LogP contribution in [0.3, 0.4) is 0 Å². The van der Waals surface area contributed by atoms with Gasteiger partial charge in [0.1, 0.15) is 18.1 Å². The van der Waals surface area contributed by atoms with Gasteiger partial charge in [-0.2, -0.15) is 21.8 Å². The third-order valence-electron chi connectivity index (χ3n) is 2.79. The lowest BCUT2D eigenvalue weighted by molar-refractivity contribution is 0.271. The molecule has 7 nitrogen and oxygen atoms in total. The van der Waals surface area contributed by atoms with Crippen molar-refractivity contribution in [2.75, 3.05) is 24.7 Å². The molecule has 2 aromatic heterocycles. The Morgan fingerprint density at radius 1 is 1.38 bits per heavy atom. The van der Waals surface area contributed by atoms with Crippen LogP contribution in [0.5, 0.6) is 0 Å². The molecule has 3 N–H and O–H groups in total. The molecule has 0 spiro atoms. The molecule has 0 unspecified atom stereocenters. The molecule has 0 aliphatic heterocycles. The Morgan fingerprint density at radius 2 is 2.19 bits per heavy atom. The van der Waals surface area contributed by atoms with Crippen LogP contribution < -0.4 is 10.6 Å². The predicted molar refractivity (Wildman–Crippen MR) is 83.0 cm³/mol. The number of rotatable bonds is 9. The van der Waals surface area contributed by atoms with Gasteiger partial charge in [-0.25, -0.2) is 4.68 Å². The maximum Gasteiger partial charge on any atom is 0.221 e. The summed E-state index contributed by atoms with van der Waals surface area (Å²) in [7, 11) is 3.70. The van der Waals surface area contributed by atoms with Gasteiger partial charge in [0.25, 0.3) is 0 Å². The van der Waals surface area contributed by atoms with E-state index in [1.54, 1.807) is 23.5 Å². The van der Waals surface area contributed by atoms with E-state index in [1.165, 1.54) is 0 Å². The van der Waals surface area contributed by atoms with Gasteiger partial charge in [0, 0.05) is 19.3 Å². The van der Waals surface area contributed by atoms with E-state index in [0.717, 1.165) is 36.1 Å². The van der Waals surface area contributed by atoms with Crippen LogP contribution in [0.4, 0.5) is 5.95 Å². The summed E-state index contributed by atoms with van der Waals surface area (Å²) in [5.74, 6) is 4.85. The number of aliphatic hydroxyl groups is 1. The second-order valence-electron chi connectivity index (χ2n) is 4.51. The summed E-state index contributed by atoms with van der Waals surface area (Å²) in [4.78, 5) is 4.16. The van der Waals surface area contributed by atoms with Crippen LogP contribution in [0.25, 0.3) is 0 Å². The number of aryl methyl sites for hydroxylation is 1. The van der Waals surface area contributed by atoms with Crippen LogP contribution in [0.2, 0.25) is 0 Å². The molecule has 21 heavy (non-hydrogen) atoms. The van der Waals surface area contributed by atoms with Crippen LogP contribution in [0.1, 0.15) is 17.3 Å². The summed E-state index contributed by atoms with van der Waals surface area (Å²) in [5.41, 5.74) is 0. The fraction of sp³-hybridized carbons (Fsp3) is 0.538. The Balaban J connectivity index is 1.66. The quantitative estimate of drug-likeness (QED) is 0.595. The number of aliphatic hydroxyl groups excluding tert-OH is 1. The number of aromatic nitrogens is 3. The highest BCUT2D eigenvalue weighted by molar-refractivity contribution is 7.98. The van der Waals surface area contributed by atoms with Gasteiger partial charge in [-0.3, -0.25) is 0 Å². The molecule has 2 heterocycles. The second kappa shape index (κ2) is 8.06. The number of anilines is 1. The van der Waals surface area contributed by atoms with Crippen LogP contribution in [-0.4, -0.2) is 39.2 Å². The highest BCUT2D eigenvalue weighted by atomic mass is 32.2. The minimum absolute atomic E-state index is 0.141. The Hall–Kier alpha value is -1.51. The smallest absolute Gasteiger partial charge is 0.221 e. The Kier molecular flexibility index (Phi) is 6.09. The molecule has 0 amide bonds. The van der Waals surface area contributed by atoms with E-state index in [0.29, 0.717) is 11.8 Å². The van der Waals surface area contributed by atoms with Gasteiger partial charge in [0.2, 0.25) is 5.95 Å². The normalized spacial score (nSPS) is 11.0. The fourth-order valence-electron chi connectivity index (χ4n) is 1.84. The summed E-state index contributed by atoms with van der Waals surface area (Å²) in [6.45, 7) is 1.40. The summed E-state index contributed by atoms with van der Waals surface area (Å²) < 4.78 is 7.30. The molecule has 0 radical (unpaired) electrons. The largest absolute Gasteiger partial charge is 0.464 e. The number of nitrogens with zero attached hydrogens (tertiary/aromatic N) is 3. The van der Waals surface area contributed by atoms with Crippen molar-refractivity contribution in [1.82, 2.24) is 20.1 Å². The van der Waals surface area contributed by atoms with Crippen molar-refractivity contribution in [3.8, 4) is 0 Å². The van der Waals surface area contributed by atoms with Crippen LogP contribution in [-0.2, 0) is 26.0 Å². The first kappa shape index (κ1) is 15.9. The van der Waals surface area contributed by atoms with E-state index < -0.39 is 0 Å². The Labute approximate surface area is 128 Å². The Bertz CT molecular complexity index is 555. The molecule has 0 fully saturated rings. The summed E-state index contributed by atoms with van der Waals surface area (Å²) in [6, 6.07) is 4.02. The first-order valence-corrected chi connectivity index (χ1v) is 7.93. The van der Waals surface area contributed by atoms with E-state index in [1.807, 2.05) is 19.2 Å². The predicted octanol–water partition coefficient (Wildman–Crippen LogP) is 0.965. The lowest BCUT2D eigenvalue weighted by atomic mass is 10.4. The fourth-order valence-corrected chi connectivity index (χ4v) is 2.58. The molecular formula is C13H21N5O2S. The first-order valence-electron chi connectivity index (χ1n) is 6.77. The van der Waals surface area contributed by atoms with Gasteiger partial charge in [-0.05, 0) is 19.2 Å². The molecule has 0 bridgehead atoms. The van der Waals surface area contributed by atoms with Crippen molar-refractivity contribution in [3.63, 3.8) is 0 Å². The average molecular weight is 311 g/mol. The summed E-state index contributed by atoms with van der Waals surface area (Å²) in [6.07, 6.45) is 0. The molecule has 0 saturated carbocycles. The lowest BCUT2D eigenvalue weighted by Crippen LogP contribution is -2.09. The molecule has 2 rings (SSSR count). The van der Waals surface area contributed by atoms with E-state index in [9.17, 15) is 0 Å². The maximum absolute atomic E-state index is 8.97. The van der Waals surface area contributed by atoms with Gasteiger partial charge in [-0.15, -0.1) is 0 Å². The minimum Gasteiger partial charge on any atom is -0.464 e. The number of thioether (sulfide) groups is 1. The monoisotopic (exact) mass is 311 g/mol. The third-order valence-corrected chi connectivity index (χ3v) is 3.77. The van der Waals surface area contributed by atoms with Crippen LogP contribution >= 0.6 is 11.8 Å². The molecule has 0 aliphatic rings. The second-order valence-corrected chi connectivity index (χ2v) is 5.62. The van der Waals surface area contributed by atoms with Crippen LogP contribution in [0.15, 0.2) is 16.5 Å². The van der Waals surface area contributed by atoms with Gasteiger partial charge in [0.05, 0.1) is 12.3 Å². The Morgan fingerprint density at radius 3 is 2.90 bits per heavy atom. The zero-order valence-corrected chi connectivity index (χ0v) is 13.1. The van der Waals surface area contributed by atoms with E-state index in [-0.39, 0.29) is 6.61 Å². The molecule has 8 heteroatoms. The number of hydrogen-bond donors (Lipinski definition) is 3. The third kappa shape index (κ3) is 4.76. The van der Waals surface area contributed by atoms with Crippen molar-refractivity contribution >= 4 is 17.7 Å². The van der Waals surface area contributed by atoms with Gasteiger partial charge < -0.3 is 20.2 Å². The van der Waals surface area contributed by atoms with Gasteiger partial charge in [-0.1, -0.05) is 0 Å². The minimum atomic E-state index is -0.141. The van der Waals surface area contributed by atoms with Crippen molar-refractivity contribution in [2.45, 2.75) is 18.9 Å². The van der Waals surface area contributed by atoms with Crippen LogP contribution in [0, 0.1) is 0 Å². The number of nitrogens with one attached hydrogen (secondary N) is 2. The maximum atomic E-state index is 8.97. The highest BCUT2D eigenvalue weighted by Crippen LogP contribution is 2.15. The zero-order chi connectivity index (χ0) is 15.1. The molecular weight excluding hydrogens is 290 g/mol. The van der Waals surface area contributed by atoms with E-state index in [2.05, 4.69) is 20.7 Å².